The molecular formula is C12H14FN. The normalized spacial score (nSPS) is 11.0. The molecule has 0 atom stereocenters. The summed E-state index contributed by atoms with van der Waals surface area (Å²) in [5.41, 5.74) is 1.12. The molecule has 2 rings (SSSR count). The lowest BCUT2D eigenvalue weighted by atomic mass is 10.2. The number of halogens is 1. The Morgan fingerprint density at radius 3 is 2.93 bits per heavy atom. The van der Waals surface area contributed by atoms with Crippen LogP contribution in [0, 0.1) is 5.82 Å². The SMILES string of the molecule is CCCCn1ccc2cc(F)ccc21. The van der Waals surface area contributed by atoms with Crippen molar-refractivity contribution in [1.29, 1.82) is 0 Å². The molecule has 1 heterocycles. The van der Waals surface area contributed by atoms with Crippen LogP contribution < -0.4 is 0 Å². The largest absolute Gasteiger partial charge is 0.347 e. The molecule has 1 aromatic carbocycles. The number of benzene rings is 1. The van der Waals surface area contributed by atoms with E-state index in [-0.39, 0.29) is 5.82 Å². The Balaban J connectivity index is 2.37. The van der Waals surface area contributed by atoms with E-state index in [2.05, 4.69) is 11.5 Å². The van der Waals surface area contributed by atoms with E-state index in [1.165, 1.54) is 18.9 Å². The van der Waals surface area contributed by atoms with Crippen LogP contribution in [0.25, 0.3) is 10.9 Å². The van der Waals surface area contributed by atoms with Gasteiger partial charge in [-0.2, -0.15) is 0 Å². The van der Waals surface area contributed by atoms with Crippen LogP contribution in [-0.2, 0) is 6.54 Å². The maximum atomic E-state index is 12.9. The van der Waals surface area contributed by atoms with E-state index >= 15 is 0 Å². The summed E-state index contributed by atoms with van der Waals surface area (Å²) in [4.78, 5) is 0. The highest BCUT2D eigenvalue weighted by molar-refractivity contribution is 5.80. The van der Waals surface area contributed by atoms with Gasteiger partial charge >= 0.3 is 0 Å². The van der Waals surface area contributed by atoms with Crippen molar-refractivity contribution in [3.8, 4) is 0 Å². The number of rotatable bonds is 3. The van der Waals surface area contributed by atoms with Crippen molar-refractivity contribution in [3.05, 3.63) is 36.3 Å². The highest BCUT2D eigenvalue weighted by Crippen LogP contribution is 2.17. The molecule has 74 valence electrons. The average molecular weight is 191 g/mol. The van der Waals surface area contributed by atoms with Crippen molar-refractivity contribution < 1.29 is 4.39 Å². The maximum Gasteiger partial charge on any atom is 0.123 e. The summed E-state index contributed by atoms with van der Waals surface area (Å²) in [6.45, 7) is 3.19. The molecule has 1 nitrogen and oxygen atoms in total. The van der Waals surface area contributed by atoms with Gasteiger partial charge in [0, 0.05) is 23.6 Å². The summed E-state index contributed by atoms with van der Waals surface area (Å²) >= 11 is 0. The summed E-state index contributed by atoms with van der Waals surface area (Å²) in [5, 5.41) is 0.987. The van der Waals surface area contributed by atoms with Gasteiger partial charge in [-0.3, -0.25) is 0 Å². The van der Waals surface area contributed by atoms with E-state index in [4.69, 9.17) is 0 Å². The summed E-state index contributed by atoms with van der Waals surface area (Å²) < 4.78 is 15.1. The molecule has 0 spiro atoms. The first-order chi connectivity index (χ1) is 6.81. The molecule has 0 saturated heterocycles. The van der Waals surface area contributed by atoms with Crippen LogP contribution in [0.1, 0.15) is 19.8 Å². The second-order valence-electron chi connectivity index (χ2n) is 3.57. The van der Waals surface area contributed by atoms with Crippen LogP contribution in [0.5, 0.6) is 0 Å². The molecule has 0 saturated carbocycles. The number of fused-ring (bicyclic) bond motifs is 1. The Morgan fingerprint density at radius 2 is 2.14 bits per heavy atom. The van der Waals surface area contributed by atoms with E-state index in [9.17, 15) is 4.39 Å². The number of hydrogen-bond acceptors (Lipinski definition) is 0. The van der Waals surface area contributed by atoms with Crippen molar-refractivity contribution in [3.63, 3.8) is 0 Å². The molecule has 0 amide bonds. The van der Waals surface area contributed by atoms with Gasteiger partial charge in [0.25, 0.3) is 0 Å². The van der Waals surface area contributed by atoms with E-state index in [1.807, 2.05) is 18.3 Å². The van der Waals surface area contributed by atoms with Crippen LogP contribution >= 0.6 is 0 Å². The number of aromatic nitrogens is 1. The van der Waals surface area contributed by atoms with Gasteiger partial charge < -0.3 is 4.57 Å². The number of unbranched alkanes of at least 4 members (excludes halogenated alkanes) is 1. The van der Waals surface area contributed by atoms with Gasteiger partial charge in [-0.1, -0.05) is 13.3 Å². The molecule has 0 N–H and O–H groups in total. The molecule has 1 aromatic heterocycles. The Bertz CT molecular complexity index is 431. The average Bonchev–Trinajstić information content (AvgIpc) is 2.57. The third kappa shape index (κ3) is 1.65. The molecule has 0 radical (unpaired) electrons. The van der Waals surface area contributed by atoms with Gasteiger partial charge in [-0.25, -0.2) is 4.39 Å². The molecule has 0 aliphatic carbocycles. The van der Waals surface area contributed by atoms with Crippen LogP contribution in [0.4, 0.5) is 4.39 Å². The first-order valence-corrected chi connectivity index (χ1v) is 5.05. The van der Waals surface area contributed by atoms with Crippen LogP contribution in [0.2, 0.25) is 0 Å². The van der Waals surface area contributed by atoms with Gasteiger partial charge in [0.2, 0.25) is 0 Å². The Morgan fingerprint density at radius 1 is 1.29 bits per heavy atom. The van der Waals surface area contributed by atoms with Crippen molar-refractivity contribution in [2.75, 3.05) is 0 Å². The first-order valence-electron chi connectivity index (χ1n) is 5.05. The third-order valence-corrected chi connectivity index (χ3v) is 2.49. The summed E-state index contributed by atoms with van der Waals surface area (Å²) in [6, 6.07) is 6.91. The van der Waals surface area contributed by atoms with E-state index in [1.54, 1.807) is 6.07 Å². The Kier molecular flexibility index (Phi) is 2.53. The molecule has 14 heavy (non-hydrogen) atoms. The summed E-state index contributed by atoms with van der Waals surface area (Å²) in [6.07, 6.45) is 4.38. The smallest absolute Gasteiger partial charge is 0.123 e. The zero-order valence-corrected chi connectivity index (χ0v) is 8.33. The zero-order chi connectivity index (χ0) is 9.97. The highest BCUT2D eigenvalue weighted by Gasteiger charge is 2.00. The van der Waals surface area contributed by atoms with Gasteiger partial charge in [-0.15, -0.1) is 0 Å². The molecule has 0 fully saturated rings. The fourth-order valence-electron chi connectivity index (χ4n) is 1.69. The van der Waals surface area contributed by atoms with E-state index in [0.717, 1.165) is 17.4 Å². The minimum absolute atomic E-state index is 0.161. The summed E-state index contributed by atoms with van der Waals surface area (Å²) in [7, 11) is 0. The van der Waals surface area contributed by atoms with Gasteiger partial charge in [0.1, 0.15) is 5.82 Å². The third-order valence-electron chi connectivity index (χ3n) is 2.49. The maximum absolute atomic E-state index is 12.9. The second-order valence-corrected chi connectivity index (χ2v) is 3.57. The lowest BCUT2D eigenvalue weighted by molar-refractivity contribution is 0.628. The number of aryl methyl sites for hydroxylation is 1. The Hall–Kier alpha value is -1.31. The molecule has 0 aliphatic heterocycles. The monoisotopic (exact) mass is 191 g/mol. The van der Waals surface area contributed by atoms with E-state index in [0.29, 0.717) is 0 Å². The molecule has 2 heteroatoms. The van der Waals surface area contributed by atoms with Crippen molar-refractivity contribution >= 4 is 10.9 Å². The number of hydrogen-bond donors (Lipinski definition) is 0. The minimum Gasteiger partial charge on any atom is -0.347 e. The molecule has 0 unspecified atom stereocenters. The minimum atomic E-state index is -0.161. The fraction of sp³-hybridized carbons (Fsp3) is 0.333. The summed E-state index contributed by atoms with van der Waals surface area (Å²) in [5.74, 6) is -0.161. The topological polar surface area (TPSA) is 4.93 Å². The van der Waals surface area contributed by atoms with Crippen molar-refractivity contribution in [1.82, 2.24) is 4.57 Å². The second kappa shape index (κ2) is 3.82. The lowest BCUT2D eigenvalue weighted by Crippen LogP contribution is -1.94. The van der Waals surface area contributed by atoms with E-state index < -0.39 is 0 Å². The van der Waals surface area contributed by atoms with Crippen LogP contribution in [0.15, 0.2) is 30.5 Å². The predicted molar refractivity (Wildman–Crippen MR) is 56.8 cm³/mol. The lowest BCUT2D eigenvalue weighted by Gasteiger charge is -2.03. The van der Waals surface area contributed by atoms with Crippen molar-refractivity contribution in [2.45, 2.75) is 26.3 Å². The zero-order valence-electron chi connectivity index (χ0n) is 8.33. The molecular weight excluding hydrogens is 177 g/mol. The van der Waals surface area contributed by atoms with Gasteiger partial charge in [0.05, 0.1) is 0 Å². The molecule has 0 aliphatic rings. The Labute approximate surface area is 83.2 Å². The van der Waals surface area contributed by atoms with Gasteiger partial charge in [-0.05, 0) is 30.7 Å². The van der Waals surface area contributed by atoms with Crippen LogP contribution in [0.3, 0.4) is 0 Å². The predicted octanol–water partition coefficient (Wildman–Crippen LogP) is 3.58. The molecule has 2 aromatic rings. The van der Waals surface area contributed by atoms with Crippen LogP contribution in [-0.4, -0.2) is 4.57 Å². The quantitative estimate of drug-likeness (QED) is 0.698. The number of nitrogens with zero attached hydrogens (tertiary/aromatic N) is 1. The highest BCUT2D eigenvalue weighted by atomic mass is 19.1. The first kappa shape index (κ1) is 9.25. The standard InChI is InChI=1S/C12H14FN/c1-2-3-7-14-8-6-10-9-11(13)4-5-12(10)14/h4-6,8-9H,2-3,7H2,1H3. The fourth-order valence-corrected chi connectivity index (χ4v) is 1.69. The van der Waals surface area contributed by atoms with Crippen molar-refractivity contribution in [2.24, 2.45) is 0 Å². The van der Waals surface area contributed by atoms with Gasteiger partial charge in [0.15, 0.2) is 0 Å². The molecule has 0 bridgehead atoms.